The second kappa shape index (κ2) is 2.97. The van der Waals surface area contributed by atoms with Crippen molar-refractivity contribution in [1.82, 2.24) is 14.8 Å². The first-order chi connectivity index (χ1) is 6.59. The summed E-state index contributed by atoms with van der Waals surface area (Å²) < 4.78 is 1.90. The van der Waals surface area contributed by atoms with E-state index in [0.29, 0.717) is 11.9 Å². The van der Waals surface area contributed by atoms with Gasteiger partial charge in [0.25, 0.3) is 0 Å². The number of rotatable bonds is 1. The largest absolute Gasteiger partial charge is 0.384 e. The predicted octanol–water partition coefficient (Wildman–Crippen LogP) is 1.90. The third-order valence-electron chi connectivity index (χ3n) is 2.25. The number of aryl methyl sites for hydroxylation is 1. The minimum atomic E-state index is 0.306. The summed E-state index contributed by atoms with van der Waals surface area (Å²) in [6, 6.07) is 4.08. The fraction of sp³-hybridized carbons (Fsp3) is 0.400. The van der Waals surface area contributed by atoms with Crippen LogP contribution in [-0.2, 0) is 0 Å². The Morgan fingerprint density at radius 2 is 2.07 bits per heavy atom. The maximum atomic E-state index is 5.65. The van der Waals surface area contributed by atoms with Gasteiger partial charge in [-0.3, -0.25) is 0 Å². The molecule has 2 rings (SSSR count). The molecule has 0 atom stereocenters. The van der Waals surface area contributed by atoms with Crippen LogP contribution in [0, 0.1) is 6.92 Å². The first-order valence-corrected chi connectivity index (χ1v) is 4.71. The summed E-state index contributed by atoms with van der Waals surface area (Å²) in [6.45, 7) is 6.15. The molecule has 2 aromatic rings. The monoisotopic (exact) mass is 190 g/mol. The normalized spacial score (nSPS) is 11.4. The summed E-state index contributed by atoms with van der Waals surface area (Å²) in [5, 5.41) is 5.51. The molecule has 0 aliphatic heterocycles. The van der Waals surface area contributed by atoms with Crippen molar-refractivity contribution in [2.24, 2.45) is 0 Å². The molecule has 0 fully saturated rings. The molecule has 0 saturated carbocycles. The molecule has 0 amide bonds. The number of nitrogens with two attached hydrogens (primary N) is 1. The van der Waals surface area contributed by atoms with Crippen molar-refractivity contribution in [2.45, 2.75) is 26.8 Å². The van der Waals surface area contributed by atoms with Gasteiger partial charge < -0.3 is 5.73 Å². The minimum absolute atomic E-state index is 0.306. The van der Waals surface area contributed by atoms with Crippen molar-refractivity contribution in [3.8, 4) is 0 Å². The Balaban J connectivity index is 2.79. The van der Waals surface area contributed by atoms with Gasteiger partial charge in [-0.25, -0.2) is 9.67 Å². The van der Waals surface area contributed by atoms with E-state index in [9.17, 15) is 0 Å². The second-order valence-corrected chi connectivity index (χ2v) is 3.73. The zero-order chi connectivity index (χ0) is 10.3. The lowest BCUT2D eigenvalue weighted by Crippen LogP contribution is -2.04. The van der Waals surface area contributed by atoms with Gasteiger partial charge >= 0.3 is 0 Å². The molecular formula is C10H14N4. The van der Waals surface area contributed by atoms with Gasteiger partial charge in [0.2, 0.25) is 0 Å². The second-order valence-electron chi connectivity index (χ2n) is 3.73. The molecule has 0 aromatic carbocycles. The number of aromatic nitrogens is 3. The molecule has 4 heteroatoms. The van der Waals surface area contributed by atoms with E-state index in [1.54, 1.807) is 0 Å². The lowest BCUT2D eigenvalue weighted by molar-refractivity contribution is 0.543. The van der Waals surface area contributed by atoms with Crippen molar-refractivity contribution in [2.75, 3.05) is 5.73 Å². The number of hydrogen-bond acceptors (Lipinski definition) is 3. The highest BCUT2D eigenvalue weighted by Gasteiger charge is 2.10. The van der Waals surface area contributed by atoms with Crippen LogP contribution in [0.15, 0.2) is 12.1 Å². The Morgan fingerprint density at radius 3 is 2.71 bits per heavy atom. The highest BCUT2D eigenvalue weighted by atomic mass is 15.3. The molecule has 74 valence electrons. The van der Waals surface area contributed by atoms with E-state index < -0.39 is 0 Å². The smallest absolute Gasteiger partial charge is 0.160 e. The fourth-order valence-electron chi connectivity index (χ4n) is 1.54. The lowest BCUT2D eigenvalue weighted by atomic mass is 10.3. The zero-order valence-corrected chi connectivity index (χ0v) is 8.65. The molecular weight excluding hydrogens is 176 g/mol. The van der Waals surface area contributed by atoms with E-state index in [2.05, 4.69) is 23.9 Å². The van der Waals surface area contributed by atoms with Gasteiger partial charge in [-0.2, -0.15) is 5.10 Å². The van der Waals surface area contributed by atoms with Crippen LogP contribution < -0.4 is 5.73 Å². The third kappa shape index (κ3) is 1.23. The van der Waals surface area contributed by atoms with Gasteiger partial charge in [-0.05, 0) is 32.9 Å². The van der Waals surface area contributed by atoms with Gasteiger partial charge in [-0.1, -0.05) is 0 Å². The molecule has 0 unspecified atom stereocenters. The molecule has 0 radical (unpaired) electrons. The number of nitrogen functional groups attached to an aromatic ring is 1. The average molecular weight is 190 g/mol. The van der Waals surface area contributed by atoms with Crippen molar-refractivity contribution in [3.63, 3.8) is 0 Å². The first-order valence-electron chi connectivity index (χ1n) is 4.71. The third-order valence-corrected chi connectivity index (χ3v) is 2.25. The number of hydrogen-bond donors (Lipinski definition) is 1. The number of fused-ring (bicyclic) bond motifs is 1. The van der Waals surface area contributed by atoms with E-state index in [4.69, 9.17) is 5.73 Å². The summed E-state index contributed by atoms with van der Waals surface area (Å²) in [5.41, 5.74) is 7.52. The summed E-state index contributed by atoms with van der Waals surface area (Å²) in [4.78, 5) is 4.30. The van der Waals surface area contributed by atoms with Crippen LogP contribution >= 0.6 is 0 Å². The van der Waals surface area contributed by atoms with Crippen LogP contribution in [0.25, 0.3) is 11.0 Å². The highest BCUT2D eigenvalue weighted by Crippen LogP contribution is 2.20. The Hall–Kier alpha value is -1.58. The van der Waals surface area contributed by atoms with E-state index in [1.165, 1.54) is 0 Å². The van der Waals surface area contributed by atoms with E-state index in [1.807, 2.05) is 23.7 Å². The van der Waals surface area contributed by atoms with Crippen molar-refractivity contribution in [1.29, 1.82) is 0 Å². The summed E-state index contributed by atoms with van der Waals surface area (Å²) >= 11 is 0. The summed E-state index contributed by atoms with van der Waals surface area (Å²) in [6.07, 6.45) is 0. The highest BCUT2D eigenvalue weighted by molar-refractivity contribution is 5.79. The van der Waals surface area contributed by atoms with Crippen LogP contribution in [0.3, 0.4) is 0 Å². The minimum Gasteiger partial charge on any atom is -0.384 e. The predicted molar refractivity (Wildman–Crippen MR) is 57.1 cm³/mol. The molecule has 0 spiro atoms. The van der Waals surface area contributed by atoms with E-state index in [-0.39, 0.29) is 0 Å². The first kappa shape index (κ1) is 8.99. The summed E-state index contributed by atoms with van der Waals surface area (Å²) in [7, 11) is 0. The average Bonchev–Trinajstić information content (AvgIpc) is 2.43. The Morgan fingerprint density at radius 1 is 1.36 bits per heavy atom. The molecule has 2 heterocycles. The molecule has 4 nitrogen and oxygen atoms in total. The molecule has 2 aromatic heterocycles. The number of nitrogens with zero attached hydrogens (tertiary/aromatic N) is 3. The summed E-state index contributed by atoms with van der Waals surface area (Å²) in [5.74, 6) is 0.541. The van der Waals surface area contributed by atoms with E-state index in [0.717, 1.165) is 16.7 Å². The van der Waals surface area contributed by atoms with Gasteiger partial charge in [0.1, 0.15) is 5.82 Å². The topological polar surface area (TPSA) is 56.7 Å². The van der Waals surface area contributed by atoms with Gasteiger partial charge in [0, 0.05) is 11.4 Å². The quantitative estimate of drug-likeness (QED) is 0.747. The van der Waals surface area contributed by atoms with Crippen molar-refractivity contribution in [3.05, 3.63) is 17.8 Å². The Labute approximate surface area is 82.7 Å². The fourth-order valence-corrected chi connectivity index (χ4v) is 1.54. The molecule has 0 saturated heterocycles. The maximum Gasteiger partial charge on any atom is 0.160 e. The molecule has 0 aliphatic rings. The van der Waals surface area contributed by atoms with Crippen LogP contribution in [0.1, 0.15) is 25.6 Å². The SMILES string of the molecule is Cc1nn(C(C)C)c2nc(N)ccc12. The Kier molecular flexibility index (Phi) is 1.91. The lowest BCUT2D eigenvalue weighted by Gasteiger charge is -2.05. The van der Waals surface area contributed by atoms with Crippen LogP contribution in [-0.4, -0.2) is 14.8 Å². The van der Waals surface area contributed by atoms with Crippen LogP contribution in [0.4, 0.5) is 5.82 Å². The number of anilines is 1. The van der Waals surface area contributed by atoms with Crippen molar-refractivity contribution >= 4 is 16.9 Å². The van der Waals surface area contributed by atoms with Crippen molar-refractivity contribution < 1.29 is 0 Å². The van der Waals surface area contributed by atoms with Gasteiger partial charge in [0.05, 0.1) is 5.69 Å². The van der Waals surface area contributed by atoms with Crippen LogP contribution in [0.2, 0.25) is 0 Å². The molecule has 14 heavy (non-hydrogen) atoms. The Bertz CT molecular complexity index is 470. The van der Waals surface area contributed by atoms with Gasteiger partial charge in [-0.15, -0.1) is 0 Å². The molecule has 2 N–H and O–H groups in total. The molecule has 0 aliphatic carbocycles. The zero-order valence-electron chi connectivity index (χ0n) is 8.65. The molecule has 0 bridgehead atoms. The number of pyridine rings is 1. The maximum absolute atomic E-state index is 5.65. The standard InChI is InChI=1S/C10H14N4/c1-6(2)14-10-8(7(3)13-14)4-5-9(11)12-10/h4-6H,1-3H3,(H2,11,12). The van der Waals surface area contributed by atoms with E-state index >= 15 is 0 Å². The van der Waals surface area contributed by atoms with Gasteiger partial charge in [0.15, 0.2) is 5.65 Å². The van der Waals surface area contributed by atoms with Crippen LogP contribution in [0.5, 0.6) is 0 Å².